The number of likely N-dealkylation sites (tertiary alicyclic amines) is 1. The van der Waals surface area contributed by atoms with Crippen molar-refractivity contribution in [1.82, 2.24) is 19.9 Å². The van der Waals surface area contributed by atoms with E-state index in [-0.39, 0.29) is 12.1 Å². The summed E-state index contributed by atoms with van der Waals surface area (Å²) in [6, 6.07) is 8.47. The van der Waals surface area contributed by atoms with Crippen LogP contribution in [0.2, 0.25) is 0 Å². The number of rotatable bonds is 3. The number of hydrogen-bond donors (Lipinski definition) is 0. The highest BCUT2D eigenvalue weighted by molar-refractivity contribution is 5.33. The second kappa shape index (κ2) is 5.70. The van der Waals surface area contributed by atoms with Crippen LogP contribution in [0.15, 0.2) is 30.5 Å². The molecular formula is C16H20N4O2. The Morgan fingerprint density at radius 3 is 3.18 bits per heavy atom. The van der Waals surface area contributed by atoms with Crippen molar-refractivity contribution in [3.63, 3.8) is 0 Å². The molecule has 0 aliphatic carbocycles. The lowest BCUT2D eigenvalue weighted by molar-refractivity contribution is -0.0670. The minimum atomic E-state index is 0.253. The van der Waals surface area contributed by atoms with E-state index in [0.29, 0.717) is 6.61 Å². The molecule has 2 aliphatic rings. The molecule has 6 heteroatoms. The van der Waals surface area contributed by atoms with Gasteiger partial charge in [-0.2, -0.15) is 0 Å². The molecule has 0 unspecified atom stereocenters. The Morgan fingerprint density at radius 2 is 2.27 bits per heavy atom. The summed E-state index contributed by atoms with van der Waals surface area (Å²) >= 11 is 0. The Balaban J connectivity index is 1.52. The molecule has 2 aliphatic heterocycles. The summed E-state index contributed by atoms with van der Waals surface area (Å²) in [5.41, 5.74) is 2.29. The van der Waals surface area contributed by atoms with Gasteiger partial charge >= 0.3 is 0 Å². The molecule has 3 heterocycles. The lowest BCUT2D eigenvalue weighted by Gasteiger charge is -2.41. The summed E-state index contributed by atoms with van der Waals surface area (Å²) in [7, 11) is 1.72. The van der Waals surface area contributed by atoms with Crippen molar-refractivity contribution >= 4 is 0 Å². The fraction of sp³-hybridized carbons (Fsp3) is 0.500. The summed E-state index contributed by atoms with van der Waals surface area (Å²) in [5, 5.41) is 8.28. The maximum absolute atomic E-state index is 5.96. The molecule has 0 amide bonds. The molecule has 4 rings (SSSR count). The van der Waals surface area contributed by atoms with Crippen LogP contribution in [0.4, 0.5) is 0 Å². The van der Waals surface area contributed by atoms with Crippen molar-refractivity contribution in [2.45, 2.75) is 31.7 Å². The monoisotopic (exact) mass is 300 g/mol. The highest BCUT2D eigenvalue weighted by Gasteiger charge is 2.36. The molecule has 1 fully saturated rings. The molecule has 0 bridgehead atoms. The van der Waals surface area contributed by atoms with E-state index in [4.69, 9.17) is 9.47 Å². The second-order valence-corrected chi connectivity index (χ2v) is 5.92. The van der Waals surface area contributed by atoms with Crippen molar-refractivity contribution in [1.29, 1.82) is 0 Å². The number of nitrogens with zero attached hydrogens (tertiary/aromatic N) is 4. The summed E-state index contributed by atoms with van der Waals surface area (Å²) in [4.78, 5) is 2.44. The maximum atomic E-state index is 5.96. The highest BCUT2D eigenvalue weighted by atomic mass is 16.5. The van der Waals surface area contributed by atoms with Gasteiger partial charge in [0.15, 0.2) is 0 Å². The molecule has 1 saturated heterocycles. The lowest BCUT2D eigenvalue weighted by atomic mass is 9.99. The summed E-state index contributed by atoms with van der Waals surface area (Å²) in [6.45, 7) is 3.47. The van der Waals surface area contributed by atoms with E-state index in [9.17, 15) is 0 Å². The van der Waals surface area contributed by atoms with E-state index >= 15 is 0 Å². The van der Waals surface area contributed by atoms with Crippen LogP contribution < -0.4 is 4.74 Å². The molecule has 0 saturated carbocycles. The molecule has 1 aromatic carbocycles. The van der Waals surface area contributed by atoms with Gasteiger partial charge in [0.05, 0.1) is 37.8 Å². The Bertz CT molecular complexity index is 657. The molecule has 2 aromatic rings. The largest absolute Gasteiger partial charge is 0.496 e. The van der Waals surface area contributed by atoms with Crippen LogP contribution in [-0.2, 0) is 17.9 Å². The number of ether oxygens (including phenoxy) is 2. The van der Waals surface area contributed by atoms with E-state index in [0.717, 1.165) is 37.5 Å². The van der Waals surface area contributed by atoms with E-state index in [1.54, 1.807) is 13.3 Å². The Labute approximate surface area is 129 Å². The minimum absolute atomic E-state index is 0.253. The zero-order valence-electron chi connectivity index (χ0n) is 12.7. The number of para-hydroxylation sites is 1. The molecule has 2 atom stereocenters. The topological polar surface area (TPSA) is 52.4 Å². The number of aromatic nitrogens is 3. The molecule has 6 nitrogen and oxygen atoms in total. The van der Waals surface area contributed by atoms with Gasteiger partial charge in [-0.1, -0.05) is 23.4 Å². The molecule has 1 aromatic heterocycles. The Kier molecular flexibility index (Phi) is 3.56. The first-order chi connectivity index (χ1) is 10.8. The smallest absolute Gasteiger partial charge is 0.123 e. The van der Waals surface area contributed by atoms with E-state index in [1.807, 2.05) is 16.8 Å². The minimum Gasteiger partial charge on any atom is -0.496 e. The maximum Gasteiger partial charge on any atom is 0.123 e. The van der Waals surface area contributed by atoms with Crippen LogP contribution in [-0.4, -0.2) is 46.2 Å². The molecular weight excluding hydrogens is 280 g/mol. The van der Waals surface area contributed by atoms with Crippen molar-refractivity contribution in [2.24, 2.45) is 0 Å². The van der Waals surface area contributed by atoms with Crippen LogP contribution in [0.5, 0.6) is 5.75 Å². The van der Waals surface area contributed by atoms with Crippen molar-refractivity contribution in [3.8, 4) is 5.75 Å². The van der Waals surface area contributed by atoms with Crippen LogP contribution in [0.1, 0.15) is 23.7 Å². The average Bonchev–Trinajstić information content (AvgIpc) is 3.04. The van der Waals surface area contributed by atoms with Crippen molar-refractivity contribution in [3.05, 3.63) is 41.7 Å². The lowest BCUT2D eigenvalue weighted by Crippen LogP contribution is -2.47. The predicted octanol–water partition coefficient (Wildman–Crippen LogP) is 1.63. The summed E-state index contributed by atoms with van der Waals surface area (Å²) in [6.07, 6.45) is 3.08. The Morgan fingerprint density at radius 1 is 1.36 bits per heavy atom. The van der Waals surface area contributed by atoms with Gasteiger partial charge in [-0.05, 0) is 12.5 Å². The third-order valence-electron chi connectivity index (χ3n) is 4.60. The van der Waals surface area contributed by atoms with Gasteiger partial charge in [-0.3, -0.25) is 4.90 Å². The first-order valence-corrected chi connectivity index (χ1v) is 7.70. The van der Waals surface area contributed by atoms with E-state index in [2.05, 4.69) is 27.3 Å². The van der Waals surface area contributed by atoms with Gasteiger partial charge in [-0.15, -0.1) is 5.10 Å². The summed E-state index contributed by atoms with van der Waals surface area (Å²) < 4.78 is 13.5. The van der Waals surface area contributed by atoms with Crippen molar-refractivity contribution in [2.75, 3.05) is 20.2 Å². The summed E-state index contributed by atoms with van der Waals surface area (Å²) in [5.74, 6) is 0.950. The van der Waals surface area contributed by atoms with Crippen LogP contribution in [0, 0.1) is 0 Å². The third-order valence-corrected chi connectivity index (χ3v) is 4.60. The van der Waals surface area contributed by atoms with Crippen LogP contribution in [0.25, 0.3) is 0 Å². The number of methoxy groups -OCH3 is 1. The zero-order valence-corrected chi connectivity index (χ0v) is 12.7. The van der Waals surface area contributed by atoms with Crippen LogP contribution in [0.3, 0.4) is 0 Å². The first-order valence-electron chi connectivity index (χ1n) is 7.70. The van der Waals surface area contributed by atoms with E-state index < -0.39 is 0 Å². The quantitative estimate of drug-likeness (QED) is 0.862. The van der Waals surface area contributed by atoms with Gasteiger partial charge in [0.2, 0.25) is 0 Å². The van der Waals surface area contributed by atoms with Gasteiger partial charge in [0.1, 0.15) is 5.75 Å². The average molecular weight is 300 g/mol. The number of piperidine rings is 1. The standard InChI is InChI=1S/C16H20N4O2/c1-21-15-5-3-2-4-12(15)9-19-7-6-16-14(10-19)20-13(11-22-16)8-17-18-20/h2-5,8,14,16H,6-7,9-11H2,1H3/t14-,16-/m0/s1. The number of benzene rings is 1. The fourth-order valence-electron chi connectivity index (χ4n) is 3.46. The highest BCUT2D eigenvalue weighted by Crippen LogP contribution is 2.31. The normalized spacial score (nSPS) is 24.6. The SMILES string of the molecule is COc1ccccc1CN1CC[C@@H]2OCc3cnnn3[C@H]2C1. The van der Waals surface area contributed by atoms with Gasteiger partial charge in [0, 0.05) is 25.2 Å². The first kappa shape index (κ1) is 13.7. The molecule has 22 heavy (non-hydrogen) atoms. The molecule has 0 spiro atoms. The van der Waals surface area contributed by atoms with Gasteiger partial charge in [0.25, 0.3) is 0 Å². The fourth-order valence-corrected chi connectivity index (χ4v) is 3.46. The number of fused-ring (bicyclic) bond motifs is 3. The third kappa shape index (κ3) is 2.38. The van der Waals surface area contributed by atoms with Gasteiger partial charge < -0.3 is 9.47 Å². The predicted molar refractivity (Wildman–Crippen MR) is 80.5 cm³/mol. The zero-order chi connectivity index (χ0) is 14.9. The van der Waals surface area contributed by atoms with E-state index in [1.165, 1.54) is 5.56 Å². The molecule has 116 valence electrons. The Hall–Kier alpha value is -1.92. The molecule has 0 radical (unpaired) electrons. The van der Waals surface area contributed by atoms with Crippen LogP contribution >= 0.6 is 0 Å². The molecule has 0 N–H and O–H groups in total. The number of hydrogen-bond acceptors (Lipinski definition) is 5. The van der Waals surface area contributed by atoms with Crippen molar-refractivity contribution < 1.29 is 9.47 Å². The van der Waals surface area contributed by atoms with Gasteiger partial charge in [-0.25, -0.2) is 4.68 Å². The second-order valence-electron chi connectivity index (χ2n) is 5.92.